The van der Waals surface area contributed by atoms with E-state index in [1.165, 1.54) is 11.1 Å². The Morgan fingerprint density at radius 2 is 2.28 bits per heavy atom. The zero-order chi connectivity index (χ0) is 13.0. The molecule has 1 unspecified atom stereocenters. The maximum absolute atomic E-state index is 11.3. The highest BCUT2D eigenvalue weighted by Crippen LogP contribution is 2.23. The molecule has 1 aliphatic rings. The first-order valence-corrected chi connectivity index (χ1v) is 6.51. The van der Waals surface area contributed by atoms with Gasteiger partial charge in [0.2, 0.25) is 5.91 Å². The van der Waals surface area contributed by atoms with Crippen molar-refractivity contribution in [3.05, 3.63) is 29.3 Å². The van der Waals surface area contributed by atoms with Crippen LogP contribution in [0.5, 0.6) is 0 Å². The molecule has 0 saturated carbocycles. The molecule has 4 nitrogen and oxygen atoms in total. The van der Waals surface area contributed by atoms with Crippen molar-refractivity contribution in [3.8, 4) is 0 Å². The number of nitrogens with one attached hydrogen (secondary N) is 2. The predicted octanol–water partition coefficient (Wildman–Crippen LogP) is 1.26. The van der Waals surface area contributed by atoms with Crippen LogP contribution in [0.4, 0.5) is 5.69 Å². The van der Waals surface area contributed by atoms with E-state index in [1.807, 2.05) is 6.07 Å². The third kappa shape index (κ3) is 3.31. The van der Waals surface area contributed by atoms with Crippen LogP contribution in [0.1, 0.15) is 24.5 Å². The summed E-state index contributed by atoms with van der Waals surface area (Å²) in [6.45, 7) is 4.63. The van der Waals surface area contributed by atoms with E-state index >= 15 is 0 Å². The second kappa shape index (κ2) is 5.98. The van der Waals surface area contributed by atoms with Gasteiger partial charge in [-0.05, 0) is 42.6 Å². The van der Waals surface area contributed by atoms with Crippen LogP contribution in [0.3, 0.4) is 0 Å². The first-order valence-electron chi connectivity index (χ1n) is 6.51. The fourth-order valence-electron chi connectivity index (χ4n) is 2.09. The van der Waals surface area contributed by atoms with Crippen LogP contribution in [0.25, 0.3) is 0 Å². The summed E-state index contributed by atoms with van der Waals surface area (Å²) in [5.74, 6) is 0.618. The van der Waals surface area contributed by atoms with Crippen LogP contribution in [-0.2, 0) is 17.8 Å². The quantitative estimate of drug-likeness (QED) is 0.733. The predicted molar refractivity (Wildman–Crippen MR) is 73.3 cm³/mol. The molecule has 18 heavy (non-hydrogen) atoms. The second-order valence-corrected chi connectivity index (χ2v) is 5.01. The Bertz CT molecular complexity index is 431. The molecule has 4 N–H and O–H groups in total. The van der Waals surface area contributed by atoms with E-state index in [1.54, 1.807) is 0 Å². The molecule has 1 heterocycles. The van der Waals surface area contributed by atoms with E-state index in [2.05, 4.69) is 29.7 Å². The smallest absolute Gasteiger partial charge is 0.224 e. The molecular formula is C14H21N3O. The highest BCUT2D eigenvalue weighted by Gasteiger charge is 2.14. The van der Waals surface area contributed by atoms with E-state index in [-0.39, 0.29) is 5.91 Å². The lowest BCUT2D eigenvalue weighted by Gasteiger charge is -2.18. The van der Waals surface area contributed by atoms with Gasteiger partial charge in [-0.3, -0.25) is 4.79 Å². The molecule has 98 valence electrons. The summed E-state index contributed by atoms with van der Waals surface area (Å²) in [6.07, 6.45) is 1.43. The number of carbonyl (C=O) groups is 1. The molecule has 1 aromatic rings. The summed E-state index contributed by atoms with van der Waals surface area (Å²) in [4.78, 5) is 11.3. The van der Waals surface area contributed by atoms with Gasteiger partial charge in [0, 0.05) is 18.7 Å². The van der Waals surface area contributed by atoms with Crippen LogP contribution < -0.4 is 16.4 Å². The van der Waals surface area contributed by atoms with Crippen molar-refractivity contribution >= 4 is 11.6 Å². The lowest BCUT2D eigenvalue weighted by Crippen LogP contribution is -2.26. The van der Waals surface area contributed by atoms with Crippen molar-refractivity contribution in [1.82, 2.24) is 5.32 Å². The van der Waals surface area contributed by atoms with Gasteiger partial charge >= 0.3 is 0 Å². The van der Waals surface area contributed by atoms with Gasteiger partial charge < -0.3 is 16.4 Å². The summed E-state index contributed by atoms with van der Waals surface area (Å²) < 4.78 is 0. The second-order valence-electron chi connectivity index (χ2n) is 5.01. The molecule has 1 amide bonds. The summed E-state index contributed by atoms with van der Waals surface area (Å²) in [6, 6.07) is 6.23. The first-order chi connectivity index (χ1) is 8.69. The SMILES string of the molecule is CC(CN)CNCc1ccc2c(c1)CCC(=O)N2. The van der Waals surface area contributed by atoms with Crippen molar-refractivity contribution < 1.29 is 4.79 Å². The number of fused-ring (bicyclic) bond motifs is 1. The maximum Gasteiger partial charge on any atom is 0.224 e. The summed E-state index contributed by atoms with van der Waals surface area (Å²) in [5.41, 5.74) is 9.03. The lowest BCUT2D eigenvalue weighted by molar-refractivity contribution is -0.116. The Hall–Kier alpha value is -1.39. The summed E-state index contributed by atoms with van der Waals surface area (Å²) in [5, 5.41) is 6.30. The minimum atomic E-state index is 0.116. The number of anilines is 1. The van der Waals surface area contributed by atoms with E-state index < -0.39 is 0 Å². The molecule has 1 atom stereocenters. The van der Waals surface area contributed by atoms with Gasteiger partial charge in [0.05, 0.1) is 0 Å². The monoisotopic (exact) mass is 247 g/mol. The Labute approximate surface area is 108 Å². The third-order valence-corrected chi connectivity index (χ3v) is 3.29. The molecule has 4 heteroatoms. The Morgan fingerprint density at radius 3 is 3.06 bits per heavy atom. The highest BCUT2D eigenvalue weighted by atomic mass is 16.1. The maximum atomic E-state index is 11.3. The lowest BCUT2D eigenvalue weighted by atomic mass is 10.0. The van der Waals surface area contributed by atoms with Gasteiger partial charge in [-0.1, -0.05) is 19.1 Å². The molecule has 1 aromatic carbocycles. The topological polar surface area (TPSA) is 67.1 Å². The van der Waals surface area contributed by atoms with Crippen molar-refractivity contribution in [2.24, 2.45) is 11.7 Å². The Kier molecular flexibility index (Phi) is 4.33. The zero-order valence-corrected chi connectivity index (χ0v) is 10.8. The number of nitrogens with two attached hydrogens (primary N) is 1. The van der Waals surface area contributed by atoms with Gasteiger partial charge in [0.25, 0.3) is 0 Å². The van der Waals surface area contributed by atoms with Crippen LogP contribution in [0, 0.1) is 5.92 Å². The molecule has 0 fully saturated rings. The molecule has 0 aromatic heterocycles. The highest BCUT2D eigenvalue weighted by molar-refractivity contribution is 5.93. The summed E-state index contributed by atoms with van der Waals surface area (Å²) in [7, 11) is 0. The number of rotatable bonds is 5. The minimum Gasteiger partial charge on any atom is -0.330 e. The molecule has 2 rings (SSSR count). The largest absolute Gasteiger partial charge is 0.330 e. The molecule has 0 bridgehead atoms. The van der Waals surface area contributed by atoms with E-state index in [0.29, 0.717) is 18.9 Å². The number of benzene rings is 1. The Morgan fingerprint density at radius 1 is 1.44 bits per heavy atom. The van der Waals surface area contributed by atoms with Gasteiger partial charge in [0.15, 0.2) is 0 Å². The van der Waals surface area contributed by atoms with Crippen LogP contribution in [0.15, 0.2) is 18.2 Å². The van der Waals surface area contributed by atoms with Crippen molar-refractivity contribution in [1.29, 1.82) is 0 Å². The minimum absolute atomic E-state index is 0.116. The van der Waals surface area contributed by atoms with Crippen molar-refractivity contribution in [2.45, 2.75) is 26.3 Å². The summed E-state index contributed by atoms with van der Waals surface area (Å²) >= 11 is 0. The number of amides is 1. The van der Waals surface area contributed by atoms with Gasteiger partial charge in [-0.25, -0.2) is 0 Å². The van der Waals surface area contributed by atoms with E-state index in [4.69, 9.17) is 5.73 Å². The standard InChI is InChI=1S/C14H21N3O/c1-10(7-15)8-16-9-11-2-4-13-12(6-11)3-5-14(18)17-13/h2,4,6,10,16H,3,5,7-9,15H2,1H3,(H,17,18). The molecule has 0 spiro atoms. The third-order valence-electron chi connectivity index (χ3n) is 3.29. The average Bonchev–Trinajstić information content (AvgIpc) is 2.38. The van der Waals surface area contributed by atoms with Crippen molar-refractivity contribution in [2.75, 3.05) is 18.4 Å². The Balaban J connectivity index is 1.93. The van der Waals surface area contributed by atoms with Crippen LogP contribution in [-0.4, -0.2) is 19.0 Å². The van der Waals surface area contributed by atoms with E-state index in [0.717, 1.165) is 25.2 Å². The fourth-order valence-corrected chi connectivity index (χ4v) is 2.09. The molecule has 0 aliphatic carbocycles. The average molecular weight is 247 g/mol. The zero-order valence-electron chi connectivity index (χ0n) is 10.8. The molecule has 0 saturated heterocycles. The van der Waals surface area contributed by atoms with Gasteiger partial charge in [-0.2, -0.15) is 0 Å². The fraction of sp³-hybridized carbons (Fsp3) is 0.500. The molecule has 0 radical (unpaired) electrons. The van der Waals surface area contributed by atoms with Gasteiger partial charge in [-0.15, -0.1) is 0 Å². The number of hydrogen-bond acceptors (Lipinski definition) is 3. The first kappa shape index (κ1) is 13.1. The number of carbonyl (C=O) groups excluding carboxylic acids is 1. The van der Waals surface area contributed by atoms with Crippen molar-refractivity contribution in [3.63, 3.8) is 0 Å². The number of aryl methyl sites for hydroxylation is 1. The van der Waals surface area contributed by atoms with E-state index in [9.17, 15) is 4.79 Å². The van der Waals surface area contributed by atoms with Crippen LogP contribution in [0.2, 0.25) is 0 Å². The molecule has 1 aliphatic heterocycles. The molecular weight excluding hydrogens is 226 g/mol. The normalized spacial score (nSPS) is 16.0. The van der Waals surface area contributed by atoms with Gasteiger partial charge in [0.1, 0.15) is 0 Å². The van der Waals surface area contributed by atoms with Crippen LogP contribution >= 0.6 is 0 Å². The number of hydrogen-bond donors (Lipinski definition) is 3.